The molecule has 2 N–H and O–H groups in total. The van der Waals surface area contributed by atoms with E-state index in [1.165, 1.54) is 26.0 Å². The van der Waals surface area contributed by atoms with E-state index < -0.39 is 91.9 Å². The molecule has 0 radical (unpaired) electrons. The average molecular weight is 803 g/mol. The maximum Gasteiger partial charge on any atom is 0.333 e. The maximum atomic E-state index is 13.3. The first kappa shape index (κ1) is 45.7. The van der Waals surface area contributed by atoms with E-state index in [1.54, 1.807) is 38.1 Å². The molecule has 1 aromatic rings. The van der Waals surface area contributed by atoms with Gasteiger partial charge >= 0.3 is 23.9 Å². The molecule has 0 saturated carbocycles. The summed E-state index contributed by atoms with van der Waals surface area (Å²) in [6.07, 6.45) is -5.55. The smallest absolute Gasteiger partial charge is 0.333 e. The molecular formula is C42H58O15. The van der Waals surface area contributed by atoms with E-state index in [4.69, 9.17) is 37.9 Å². The molecule has 0 aromatic heterocycles. The Morgan fingerprint density at radius 3 is 2.26 bits per heavy atom. The van der Waals surface area contributed by atoms with E-state index in [9.17, 15) is 34.2 Å². The Hall–Kier alpha value is -3.99. The number of aliphatic hydroxyl groups is 2. The number of hydrogen-bond acceptors (Lipinski definition) is 15. The molecule has 2 bridgehead atoms. The lowest BCUT2D eigenvalue weighted by Crippen LogP contribution is -2.65. The maximum absolute atomic E-state index is 13.3. The predicted molar refractivity (Wildman–Crippen MR) is 203 cm³/mol. The summed E-state index contributed by atoms with van der Waals surface area (Å²) in [5, 5.41) is 23.6. The number of carbonyl (C=O) groups is 5. The number of Topliss-reactive ketones (excluding diaryl/α,β-unsaturated/α-hetero) is 1. The highest BCUT2D eigenvalue weighted by Crippen LogP contribution is 2.34. The molecule has 1 aromatic carbocycles. The summed E-state index contributed by atoms with van der Waals surface area (Å²) in [6, 6.07) is 8.91. The van der Waals surface area contributed by atoms with Crippen molar-refractivity contribution in [1.29, 1.82) is 0 Å². The van der Waals surface area contributed by atoms with Crippen molar-refractivity contribution in [3.63, 3.8) is 0 Å². The van der Waals surface area contributed by atoms with Crippen LogP contribution in [0.5, 0.6) is 0 Å². The largest absolute Gasteiger partial charge is 0.463 e. The molecule has 0 spiro atoms. The minimum atomic E-state index is -1.87. The summed E-state index contributed by atoms with van der Waals surface area (Å²) < 4.78 is 47.7. The van der Waals surface area contributed by atoms with Crippen molar-refractivity contribution in [1.82, 2.24) is 0 Å². The van der Waals surface area contributed by atoms with Crippen LogP contribution in [-0.2, 0) is 61.9 Å². The van der Waals surface area contributed by atoms with Crippen LogP contribution < -0.4 is 0 Å². The second-order valence-corrected chi connectivity index (χ2v) is 14.6. The van der Waals surface area contributed by atoms with Gasteiger partial charge in [-0.2, -0.15) is 0 Å². The van der Waals surface area contributed by atoms with E-state index in [-0.39, 0.29) is 30.3 Å². The molecule has 11 atom stereocenters. The summed E-state index contributed by atoms with van der Waals surface area (Å²) >= 11 is 0. The van der Waals surface area contributed by atoms with Gasteiger partial charge in [-0.15, -0.1) is 0 Å². The van der Waals surface area contributed by atoms with Crippen molar-refractivity contribution in [2.24, 2.45) is 0 Å². The topological polar surface area (TPSA) is 200 Å². The molecule has 3 saturated heterocycles. The number of hydrogen-bond donors (Lipinski definition) is 2. The third-order valence-electron chi connectivity index (χ3n) is 10.1. The van der Waals surface area contributed by atoms with Crippen LogP contribution in [0.4, 0.5) is 0 Å². The van der Waals surface area contributed by atoms with Gasteiger partial charge in [0.15, 0.2) is 30.9 Å². The van der Waals surface area contributed by atoms with Crippen LogP contribution >= 0.6 is 0 Å². The van der Waals surface area contributed by atoms with Crippen LogP contribution in [0.3, 0.4) is 0 Å². The molecule has 15 nitrogen and oxygen atoms in total. The van der Waals surface area contributed by atoms with Crippen LogP contribution in [0.15, 0.2) is 48.1 Å². The zero-order valence-electron chi connectivity index (χ0n) is 33.4. The summed E-state index contributed by atoms with van der Waals surface area (Å²) in [5.74, 6) is -3.24. The lowest BCUT2D eigenvalue weighted by atomic mass is 9.96. The highest BCUT2D eigenvalue weighted by atomic mass is 16.8. The monoisotopic (exact) mass is 802 g/mol. The normalized spacial score (nSPS) is 32.7. The van der Waals surface area contributed by atoms with Crippen molar-refractivity contribution in [3.8, 4) is 0 Å². The van der Waals surface area contributed by atoms with E-state index in [1.807, 2.05) is 13.0 Å². The zero-order chi connectivity index (χ0) is 41.5. The predicted octanol–water partition coefficient (Wildman–Crippen LogP) is 4.43. The highest BCUT2D eigenvalue weighted by Gasteiger charge is 2.55. The highest BCUT2D eigenvalue weighted by molar-refractivity contribution is 5.88. The Labute approximate surface area is 333 Å². The van der Waals surface area contributed by atoms with Gasteiger partial charge in [-0.05, 0) is 51.7 Å². The molecule has 3 aliphatic heterocycles. The van der Waals surface area contributed by atoms with Crippen LogP contribution in [0, 0.1) is 0 Å². The Morgan fingerprint density at radius 1 is 0.825 bits per heavy atom. The number of carbonyl (C=O) groups excluding carboxylic acids is 5. The minimum absolute atomic E-state index is 0.0321. The SMILES string of the molecule is CC=C(C)C(=O)O[C@@H]1[C@@H](O)[C@@H]2O[C@H]3[C@H](O[C@@H](CCC)CCCCCCC(=O)CCC(=O)OC[C@@H](O2)[C@H]1OC(=O)C=Cc1ccccc1)O[C@H](C)[C@H](OC(C)=O)[C@@H]3O. The van der Waals surface area contributed by atoms with Gasteiger partial charge in [0.05, 0.1) is 18.6 Å². The first-order chi connectivity index (χ1) is 27.3. The fourth-order valence-electron chi connectivity index (χ4n) is 6.87. The number of allylic oxidation sites excluding steroid dienone is 1. The van der Waals surface area contributed by atoms with Gasteiger partial charge in [0.2, 0.25) is 0 Å². The third-order valence-corrected chi connectivity index (χ3v) is 10.1. The Morgan fingerprint density at radius 2 is 1.56 bits per heavy atom. The van der Waals surface area contributed by atoms with Crippen molar-refractivity contribution in [3.05, 3.63) is 53.6 Å². The number of ketones is 1. The average Bonchev–Trinajstić information content (AvgIpc) is 3.18. The van der Waals surface area contributed by atoms with Crippen LogP contribution in [-0.4, -0.2) is 114 Å². The van der Waals surface area contributed by atoms with Gasteiger partial charge in [0.1, 0.15) is 36.8 Å². The first-order valence-corrected chi connectivity index (χ1v) is 19.9. The first-order valence-electron chi connectivity index (χ1n) is 19.9. The Kier molecular flexibility index (Phi) is 18.3. The van der Waals surface area contributed by atoms with E-state index in [0.717, 1.165) is 31.8 Å². The van der Waals surface area contributed by atoms with Crippen LogP contribution in [0.1, 0.15) is 104 Å². The Bertz CT molecular complexity index is 1540. The molecule has 3 heterocycles. The molecular weight excluding hydrogens is 744 g/mol. The summed E-state index contributed by atoms with van der Waals surface area (Å²) in [6.45, 7) is 7.34. The lowest BCUT2D eigenvalue weighted by Gasteiger charge is -2.47. The Balaban J connectivity index is 1.74. The van der Waals surface area contributed by atoms with Crippen molar-refractivity contribution in [2.45, 2.75) is 166 Å². The van der Waals surface area contributed by atoms with Gasteiger partial charge in [0, 0.05) is 31.4 Å². The molecule has 0 amide bonds. The number of cyclic esters (lactones) is 1. The molecule has 57 heavy (non-hydrogen) atoms. The minimum Gasteiger partial charge on any atom is -0.463 e. The van der Waals surface area contributed by atoms with Gasteiger partial charge in [0.25, 0.3) is 0 Å². The van der Waals surface area contributed by atoms with Gasteiger partial charge in [-0.1, -0.05) is 69.0 Å². The summed E-state index contributed by atoms with van der Waals surface area (Å²) in [5.41, 5.74) is 0.860. The second kappa shape index (κ2) is 22.8. The van der Waals surface area contributed by atoms with Crippen molar-refractivity contribution in [2.75, 3.05) is 6.61 Å². The quantitative estimate of drug-likeness (QED) is 0.212. The van der Waals surface area contributed by atoms with Crippen molar-refractivity contribution < 1.29 is 72.1 Å². The van der Waals surface area contributed by atoms with Gasteiger partial charge < -0.3 is 48.1 Å². The number of ether oxygens (including phenoxy) is 8. The van der Waals surface area contributed by atoms with E-state index in [2.05, 4.69) is 0 Å². The molecule has 0 unspecified atom stereocenters. The van der Waals surface area contributed by atoms with Crippen LogP contribution in [0.25, 0.3) is 6.08 Å². The number of fused-ring (bicyclic) bond motifs is 3. The van der Waals surface area contributed by atoms with Crippen LogP contribution in [0.2, 0.25) is 0 Å². The number of esters is 4. The van der Waals surface area contributed by atoms with E-state index >= 15 is 0 Å². The van der Waals surface area contributed by atoms with Gasteiger partial charge in [-0.25, -0.2) is 9.59 Å². The molecule has 3 fully saturated rings. The van der Waals surface area contributed by atoms with Crippen molar-refractivity contribution >= 4 is 35.7 Å². The summed E-state index contributed by atoms with van der Waals surface area (Å²) in [7, 11) is 0. The van der Waals surface area contributed by atoms with E-state index in [0.29, 0.717) is 31.2 Å². The summed E-state index contributed by atoms with van der Waals surface area (Å²) in [4.78, 5) is 64.2. The second-order valence-electron chi connectivity index (χ2n) is 14.6. The third kappa shape index (κ3) is 13.8. The molecule has 4 rings (SSSR count). The zero-order valence-corrected chi connectivity index (χ0v) is 33.4. The molecule has 15 heteroatoms. The lowest BCUT2D eigenvalue weighted by molar-refractivity contribution is -0.369. The number of benzene rings is 1. The standard InChI is InChI=1S/C42H58O15/c1-6-15-30-19-14-9-8-13-18-29(44)21-23-32(45)50-24-31-37(55-33(46)22-20-28-16-11-10-12-17-28)38(56-40(49)25(3)7-2)35(48)41(54-31)57-39-34(47)36(52-27(5)43)26(4)51-42(39)53-30/h7,10-12,16-17,20,22,26,30-31,34-39,41-42,47-48H,6,8-9,13-15,18-19,21,23-24H2,1-5H3/t26-,30+,31-,34+,35-,36+,37-,38-,39-,41+,42+/m1/s1. The molecule has 0 aliphatic carbocycles. The fraction of sp³-hybridized carbons (Fsp3) is 0.643. The number of aliphatic hydroxyl groups excluding tert-OH is 2. The van der Waals surface area contributed by atoms with Gasteiger partial charge in [-0.3, -0.25) is 14.4 Å². The fourth-order valence-corrected chi connectivity index (χ4v) is 6.87. The molecule has 3 aliphatic rings. The molecule has 316 valence electrons. The number of rotatable bonds is 8.